The first-order valence-corrected chi connectivity index (χ1v) is 6.82. The molecule has 1 rings (SSSR count). The molecule has 19 heavy (non-hydrogen) atoms. The number of nitrogens with one attached hydrogen (secondary N) is 1. The van der Waals surface area contributed by atoms with Crippen molar-refractivity contribution < 1.29 is 9.90 Å². The monoisotopic (exact) mass is 264 g/mol. The highest BCUT2D eigenvalue weighted by Crippen LogP contribution is 2.29. The molecule has 0 aliphatic rings. The molecular weight excluding hydrogens is 240 g/mol. The van der Waals surface area contributed by atoms with E-state index >= 15 is 0 Å². The molecule has 0 saturated carbocycles. The second-order valence-electron chi connectivity index (χ2n) is 4.95. The quantitative estimate of drug-likeness (QED) is 0.661. The third-order valence-electron chi connectivity index (χ3n) is 3.97. The van der Waals surface area contributed by atoms with E-state index in [2.05, 4.69) is 19.2 Å². The number of hydrogen-bond acceptors (Lipinski definition) is 3. The zero-order chi connectivity index (χ0) is 14.3. The summed E-state index contributed by atoms with van der Waals surface area (Å²) in [6.07, 6.45) is 2.55. The molecule has 4 N–H and O–H groups in total. The smallest absolute Gasteiger partial charge is 0.253 e. The lowest BCUT2D eigenvalue weighted by Gasteiger charge is -2.31. The standard InChI is InChI=1S/C15H24N2O2/c1-3-15(4-2,9-10-18)11-17-14(19)12-7-5-6-8-13(12)16/h5-8,18H,3-4,9-11,16H2,1-2H3,(H,17,19). The Balaban J connectivity index is 2.70. The third-order valence-corrected chi connectivity index (χ3v) is 3.97. The molecule has 0 bridgehead atoms. The largest absolute Gasteiger partial charge is 0.398 e. The van der Waals surface area contributed by atoms with Crippen LogP contribution in [0.1, 0.15) is 43.5 Å². The Hall–Kier alpha value is -1.55. The van der Waals surface area contributed by atoms with Gasteiger partial charge in [0.25, 0.3) is 5.91 Å². The summed E-state index contributed by atoms with van der Waals surface area (Å²) in [5.74, 6) is -0.151. The Morgan fingerprint density at radius 1 is 1.32 bits per heavy atom. The number of nitrogens with two attached hydrogens (primary N) is 1. The lowest BCUT2D eigenvalue weighted by molar-refractivity contribution is 0.0908. The molecule has 0 atom stereocenters. The van der Waals surface area contributed by atoms with E-state index in [0.29, 0.717) is 24.2 Å². The van der Waals surface area contributed by atoms with Crippen LogP contribution in [0.5, 0.6) is 0 Å². The molecule has 4 nitrogen and oxygen atoms in total. The average molecular weight is 264 g/mol. The number of benzene rings is 1. The highest BCUT2D eigenvalue weighted by Gasteiger charge is 2.26. The Morgan fingerprint density at radius 2 is 1.95 bits per heavy atom. The molecule has 0 unspecified atom stereocenters. The van der Waals surface area contributed by atoms with Crippen LogP contribution in [-0.4, -0.2) is 24.2 Å². The Labute approximate surface area is 115 Å². The summed E-state index contributed by atoms with van der Waals surface area (Å²) in [4.78, 5) is 12.1. The summed E-state index contributed by atoms with van der Waals surface area (Å²) in [6.45, 7) is 4.88. The van der Waals surface area contributed by atoms with Crippen molar-refractivity contribution in [3.63, 3.8) is 0 Å². The van der Waals surface area contributed by atoms with Gasteiger partial charge in [0.2, 0.25) is 0 Å². The summed E-state index contributed by atoms with van der Waals surface area (Å²) in [5, 5.41) is 12.1. The molecule has 0 spiro atoms. The van der Waals surface area contributed by atoms with Crippen molar-refractivity contribution >= 4 is 11.6 Å². The van der Waals surface area contributed by atoms with Crippen molar-refractivity contribution in [1.29, 1.82) is 0 Å². The topological polar surface area (TPSA) is 75.3 Å². The van der Waals surface area contributed by atoms with Gasteiger partial charge in [-0.2, -0.15) is 0 Å². The Bertz CT molecular complexity index is 414. The zero-order valence-corrected chi connectivity index (χ0v) is 11.8. The molecule has 0 saturated heterocycles. The van der Waals surface area contributed by atoms with Crippen LogP contribution in [0, 0.1) is 5.41 Å². The highest BCUT2D eigenvalue weighted by atomic mass is 16.3. The Kier molecular flexibility index (Phi) is 5.83. The SMILES string of the molecule is CCC(CC)(CCO)CNC(=O)c1ccccc1N. The van der Waals surface area contributed by atoms with Gasteiger partial charge in [-0.3, -0.25) is 4.79 Å². The van der Waals surface area contributed by atoms with E-state index < -0.39 is 0 Å². The molecule has 0 fully saturated rings. The number of amides is 1. The molecule has 1 aromatic carbocycles. The van der Waals surface area contributed by atoms with Crippen LogP contribution in [-0.2, 0) is 0 Å². The van der Waals surface area contributed by atoms with Gasteiger partial charge < -0.3 is 16.2 Å². The number of aliphatic hydroxyl groups excluding tert-OH is 1. The normalized spacial score (nSPS) is 11.3. The van der Waals surface area contributed by atoms with E-state index in [9.17, 15) is 4.79 Å². The summed E-state index contributed by atoms with van der Waals surface area (Å²) in [5.41, 5.74) is 6.74. The molecular formula is C15H24N2O2. The van der Waals surface area contributed by atoms with Crippen molar-refractivity contribution in [2.24, 2.45) is 5.41 Å². The number of hydrogen-bond donors (Lipinski definition) is 3. The van der Waals surface area contributed by atoms with Crippen molar-refractivity contribution in [2.45, 2.75) is 33.1 Å². The molecule has 0 aliphatic heterocycles. The van der Waals surface area contributed by atoms with E-state index in [1.807, 2.05) is 0 Å². The fourth-order valence-electron chi connectivity index (χ4n) is 2.25. The molecule has 0 radical (unpaired) electrons. The van der Waals surface area contributed by atoms with E-state index in [1.165, 1.54) is 0 Å². The molecule has 1 aromatic rings. The van der Waals surface area contributed by atoms with Crippen LogP contribution in [0.25, 0.3) is 0 Å². The van der Waals surface area contributed by atoms with E-state index in [0.717, 1.165) is 12.8 Å². The van der Waals surface area contributed by atoms with E-state index in [1.54, 1.807) is 24.3 Å². The zero-order valence-electron chi connectivity index (χ0n) is 11.8. The minimum atomic E-state index is -0.151. The second-order valence-corrected chi connectivity index (χ2v) is 4.95. The lowest BCUT2D eigenvalue weighted by atomic mass is 9.79. The van der Waals surface area contributed by atoms with Gasteiger partial charge in [0, 0.05) is 18.8 Å². The van der Waals surface area contributed by atoms with Gasteiger partial charge >= 0.3 is 0 Å². The first kappa shape index (κ1) is 15.5. The molecule has 4 heteroatoms. The summed E-state index contributed by atoms with van der Waals surface area (Å²) < 4.78 is 0. The van der Waals surface area contributed by atoms with Crippen molar-refractivity contribution in [1.82, 2.24) is 5.32 Å². The summed E-state index contributed by atoms with van der Waals surface area (Å²) >= 11 is 0. The number of carbonyl (C=O) groups is 1. The van der Waals surface area contributed by atoms with Crippen LogP contribution in [0.2, 0.25) is 0 Å². The van der Waals surface area contributed by atoms with Gasteiger partial charge in [-0.25, -0.2) is 0 Å². The minimum Gasteiger partial charge on any atom is -0.398 e. The summed E-state index contributed by atoms with van der Waals surface area (Å²) in [6, 6.07) is 7.04. The van der Waals surface area contributed by atoms with Crippen LogP contribution in [0.3, 0.4) is 0 Å². The van der Waals surface area contributed by atoms with Gasteiger partial charge in [-0.05, 0) is 36.8 Å². The van der Waals surface area contributed by atoms with Gasteiger partial charge in [-0.15, -0.1) is 0 Å². The first-order chi connectivity index (χ1) is 9.08. The predicted octanol–water partition coefficient (Wildman–Crippen LogP) is 2.19. The molecule has 0 heterocycles. The van der Waals surface area contributed by atoms with Crippen LogP contribution >= 0.6 is 0 Å². The summed E-state index contributed by atoms with van der Waals surface area (Å²) in [7, 11) is 0. The van der Waals surface area contributed by atoms with Crippen LogP contribution < -0.4 is 11.1 Å². The maximum absolute atomic E-state index is 12.1. The van der Waals surface area contributed by atoms with Gasteiger partial charge in [0.15, 0.2) is 0 Å². The van der Waals surface area contributed by atoms with Crippen LogP contribution in [0.4, 0.5) is 5.69 Å². The molecule has 1 amide bonds. The number of aliphatic hydroxyl groups is 1. The van der Waals surface area contributed by atoms with E-state index in [-0.39, 0.29) is 17.9 Å². The molecule has 0 aromatic heterocycles. The van der Waals surface area contributed by atoms with Crippen molar-refractivity contribution in [3.8, 4) is 0 Å². The van der Waals surface area contributed by atoms with E-state index in [4.69, 9.17) is 10.8 Å². The second kappa shape index (κ2) is 7.14. The molecule has 0 aliphatic carbocycles. The number of carbonyl (C=O) groups excluding carboxylic acids is 1. The first-order valence-electron chi connectivity index (χ1n) is 6.82. The Morgan fingerprint density at radius 3 is 2.47 bits per heavy atom. The third kappa shape index (κ3) is 3.96. The maximum Gasteiger partial charge on any atom is 0.253 e. The minimum absolute atomic E-state index is 0.0338. The maximum atomic E-state index is 12.1. The van der Waals surface area contributed by atoms with Crippen molar-refractivity contribution in [2.75, 3.05) is 18.9 Å². The van der Waals surface area contributed by atoms with Crippen molar-refractivity contribution in [3.05, 3.63) is 29.8 Å². The van der Waals surface area contributed by atoms with Gasteiger partial charge in [0.05, 0.1) is 5.56 Å². The number of nitrogen functional groups attached to an aromatic ring is 1. The lowest BCUT2D eigenvalue weighted by Crippen LogP contribution is -2.37. The number of para-hydroxylation sites is 1. The highest BCUT2D eigenvalue weighted by molar-refractivity contribution is 5.99. The number of anilines is 1. The van der Waals surface area contributed by atoms with Gasteiger partial charge in [0.1, 0.15) is 0 Å². The molecule has 106 valence electrons. The van der Waals surface area contributed by atoms with Gasteiger partial charge in [-0.1, -0.05) is 26.0 Å². The fourth-order valence-corrected chi connectivity index (χ4v) is 2.25. The van der Waals surface area contributed by atoms with Crippen LogP contribution in [0.15, 0.2) is 24.3 Å². The average Bonchev–Trinajstić information content (AvgIpc) is 2.44. The predicted molar refractivity (Wildman–Crippen MR) is 77.9 cm³/mol. The fraction of sp³-hybridized carbons (Fsp3) is 0.533. The number of rotatable bonds is 7.